The Morgan fingerprint density at radius 3 is 2.37 bits per heavy atom. The Balaban J connectivity index is 2.51. The van der Waals surface area contributed by atoms with Gasteiger partial charge in [-0.2, -0.15) is 0 Å². The minimum Gasteiger partial charge on any atom is -0.406 e. The first-order valence-corrected chi connectivity index (χ1v) is 5.65. The van der Waals surface area contributed by atoms with Gasteiger partial charge in [-0.25, -0.2) is 0 Å². The number of anilines is 1. The number of amides is 1. The van der Waals surface area contributed by atoms with Crippen LogP contribution in [0.1, 0.15) is 6.92 Å². The van der Waals surface area contributed by atoms with Gasteiger partial charge in [0.05, 0.1) is 6.54 Å². The molecule has 0 radical (unpaired) electrons. The number of hydrogen-bond donors (Lipinski definition) is 1. The van der Waals surface area contributed by atoms with E-state index < -0.39 is 6.36 Å². The minimum absolute atomic E-state index is 0.0871. The maximum Gasteiger partial charge on any atom is 0.573 e. The van der Waals surface area contributed by atoms with Crippen molar-refractivity contribution in [3.05, 3.63) is 24.3 Å². The van der Waals surface area contributed by atoms with Gasteiger partial charge < -0.3 is 15.0 Å². The summed E-state index contributed by atoms with van der Waals surface area (Å²) in [6.45, 7) is 2.53. The lowest BCUT2D eigenvalue weighted by Gasteiger charge is -2.15. The highest BCUT2D eigenvalue weighted by Gasteiger charge is 2.30. The third-order valence-corrected chi connectivity index (χ3v) is 2.43. The average Bonchev–Trinajstić information content (AvgIpc) is 2.34. The Labute approximate surface area is 109 Å². The van der Waals surface area contributed by atoms with Gasteiger partial charge in [0.2, 0.25) is 5.91 Å². The SMILES string of the molecule is CCN(C)C(=O)CNc1ccc(OC(F)(F)F)cc1. The normalized spacial score (nSPS) is 11.0. The van der Waals surface area contributed by atoms with E-state index in [4.69, 9.17) is 0 Å². The fraction of sp³-hybridized carbons (Fsp3) is 0.417. The fourth-order valence-electron chi connectivity index (χ4n) is 1.26. The van der Waals surface area contributed by atoms with E-state index in [0.717, 1.165) is 0 Å². The Hall–Kier alpha value is -1.92. The summed E-state index contributed by atoms with van der Waals surface area (Å²) in [5.41, 5.74) is 0.548. The molecule has 19 heavy (non-hydrogen) atoms. The van der Waals surface area contributed by atoms with Crippen molar-refractivity contribution in [2.24, 2.45) is 0 Å². The van der Waals surface area contributed by atoms with Crippen LogP contribution in [0.3, 0.4) is 0 Å². The van der Waals surface area contributed by atoms with Gasteiger partial charge in [0.15, 0.2) is 0 Å². The Bertz CT molecular complexity index is 418. The number of benzene rings is 1. The molecule has 0 spiro atoms. The first kappa shape index (κ1) is 15.1. The van der Waals surface area contributed by atoms with Crippen LogP contribution in [0.25, 0.3) is 0 Å². The van der Waals surface area contributed by atoms with Crippen molar-refractivity contribution in [3.8, 4) is 5.75 Å². The molecule has 0 atom stereocenters. The zero-order chi connectivity index (χ0) is 14.5. The van der Waals surface area contributed by atoms with Crippen LogP contribution >= 0.6 is 0 Å². The number of alkyl halides is 3. The fourth-order valence-corrected chi connectivity index (χ4v) is 1.26. The van der Waals surface area contributed by atoms with Gasteiger partial charge >= 0.3 is 6.36 Å². The predicted molar refractivity (Wildman–Crippen MR) is 64.9 cm³/mol. The molecule has 106 valence electrons. The molecule has 7 heteroatoms. The van der Waals surface area contributed by atoms with E-state index in [0.29, 0.717) is 12.2 Å². The molecule has 1 rings (SSSR count). The van der Waals surface area contributed by atoms with E-state index in [2.05, 4.69) is 10.1 Å². The second-order valence-corrected chi connectivity index (χ2v) is 3.83. The van der Waals surface area contributed by atoms with Crippen LogP contribution in [-0.2, 0) is 4.79 Å². The molecule has 0 heterocycles. The number of nitrogens with zero attached hydrogens (tertiary/aromatic N) is 1. The number of hydrogen-bond acceptors (Lipinski definition) is 3. The van der Waals surface area contributed by atoms with Crippen LogP contribution in [-0.4, -0.2) is 37.3 Å². The minimum atomic E-state index is -4.70. The van der Waals surface area contributed by atoms with Crippen molar-refractivity contribution in [2.75, 3.05) is 25.5 Å². The molecule has 0 aromatic heterocycles. The van der Waals surface area contributed by atoms with Gasteiger partial charge in [0, 0.05) is 19.3 Å². The maximum atomic E-state index is 11.9. The molecule has 1 N–H and O–H groups in total. The van der Waals surface area contributed by atoms with Crippen molar-refractivity contribution >= 4 is 11.6 Å². The highest BCUT2D eigenvalue weighted by Crippen LogP contribution is 2.23. The standard InChI is InChI=1S/C12H15F3N2O2/c1-3-17(2)11(18)8-16-9-4-6-10(7-5-9)19-12(13,14)15/h4-7,16H,3,8H2,1-2H3. The number of ether oxygens (including phenoxy) is 1. The average molecular weight is 276 g/mol. The lowest BCUT2D eigenvalue weighted by molar-refractivity contribution is -0.274. The first-order valence-electron chi connectivity index (χ1n) is 5.65. The zero-order valence-electron chi connectivity index (χ0n) is 10.6. The molecule has 1 amide bonds. The number of carbonyl (C=O) groups excluding carboxylic acids is 1. The lowest BCUT2D eigenvalue weighted by atomic mass is 10.3. The second kappa shape index (κ2) is 6.31. The molecule has 4 nitrogen and oxygen atoms in total. The van der Waals surface area contributed by atoms with Crippen LogP contribution in [0.5, 0.6) is 5.75 Å². The second-order valence-electron chi connectivity index (χ2n) is 3.83. The van der Waals surface area contributed by atoms with E-state index in [1.807, 2.05) is 6.92 Å². The molecule has 0 unspecified atom stereocenters. The summed E-state index contributed by atoms with van der Waals surface area (Å²) < 4.78 is 39.5. The van der Waals surface area contributed by atoms with E-state index in [-0.39, 0.29) is 18.2 Å². The Morgan fingerprint density at radius 2 is 1.89 bits per heavy atom. The third kappa shape index (κ3) is 5.50. The van der Waals surface area contributed by atoms with Crippen LogP contribution in [0, 0.1) is 0 Å². The molecule has 0 aliphatic heterocycles. The molecular weight excluding hydrogens is 261 g/mol. The van der Waals surface area contributed by atoms with Crippen LogP contribution < -0.4 is 10.1 Å². The number of rotatable bonds is 5. The van der Waals surface area contributed by atoms with Crippen molar-refractivity contribution in [3.63, 3.8) is 0 Å². The molecule has 0 aliphatic rings. The topological polar surface area (TPSA) is 41.6 Å². The zero-order valence-corrected chi connectivity index (χ0v) is 10.6. The summed E-state index contributed by atoms with van der Waals surface area (Å²) in [7, 11) is 1.67. The molecule has 0 fully saturated rings. The Morgan fingerprint density at radius 1 is 1.32 bits per heavy atom. The molecule has 0 saturated heterocycles. The predicted octanol–water partition coefficient (Wildman–Crippen LogP) is 2.48. The molecule has 0 saturated carbocycles. The van der Waals surface area contributed by atoms with E-state index in [1.165, 1.54) is 29.2 Å². The smallest absolute Gasteiger partial charge is 0.406 e. The van der Waals surface area contributed by atoms with Gasteiger partial charge in [-0.3, -0.25) is 4.79 Å². The van der Waals surface area contributed by atoms with Gasteiger partial charge in [-0.05, 0) is 31.2 Å². The van der Waals surface area contributed by atoms with Gasteiger partial charge in [0.25, 0.3) is 0 Å². The van der Waals surface area contributed by atoms with Crippen molar-refractivity contribution in [2.45, 2.75) is 13.3 Å². The van der Waals surface area contributed by atoms with Crippen LogP contribution in [0.2, 0.25) is 0 Å². The molecule has 1 aromatic carbocycles. The van der Waals surface area contributed by atoms with Gasteiger partial charge in [-0.15, -0.1) is 13.2 Å². The first-order chi connectivity index (χ1) is 8.81. The maximum absolute atomic E-state index is 11.9. The van der Waals surface area contributed by atoms with E-state index in [9.17, 15) is 18.0 Å². The summed E-state index contributed by atoms with van der Waals surface area (Å²) in [4.78, 5) is 13.0. The van der Waals surface area contributed by atoms with E-state index >= 15 is 0 Å². The third-order valence-electron chi connectivity index (χ3n) is 2.43. The largest absolute Gasteiger partial charge is 0.573 e. The molecule has 1 aromatic rings. The highest BCUT2D eigenvalue weighted by molar-refractivity contribution is 5.80. The number of likely N-dealkylation sites (N-methyl/N-ethyl adjacent to an activating group) is 1. The van der Waals surface area contributed by atoms with Gasteiger partial charge in [-0.1, -0.05) is 0 Å². The molecular formula is C12H15F3N2O2. The molecule has 0 bridgehead atoms. The monoisotopic (exact) mass is 276 g/mol. The summed E-state index contributed by atoms with van der Waals surface area (Å²) in [5.74, 6) is -0.395. The van der Waals surface area contributed by atoms with Crippen LogP contribution in [0.15, 0.2) is 24.3 Å². The van der Waals surface area contributed by atoms with Crippen molar-refractivity contribution < 1.29 is 22.7 Å². The highest BCUT2D eigenvalue weighted by atomic mass is 19.4. The van der Waals surface area contributed by atoms with Crippen molar-refractivity contribution in [1.82, 2.24) is 4.90 Å². The molecule has 0 aliphatic carbocycles. The number of halogens is 3. The summed E-state index contributed by atoms with van der Waals surface area (Å²) >= 11 is 0. The Kier molecular flexibility index (Phi) is 5.02. The van der Waals surface area contributed by atoms with E-state index in [1.54, 1.807) is 7.05 Å². The summed E-state index contributed by atoms with van der Waals surface area (Å²) in [5, 5.41) is 2.82. The van der Waals surface area contributed by atoms with Crippen molar-refractivity contribution in [1.29, 1.82) is 0 Å². The van der Waals surface area contributed by atoms with Gasteiger partial charge in [0.1, 0.15) is 5.75 Å². The quantitative estimate of drug-likeness (QED) is 0.898. The summed E-state index contributed by atoms with van der Waals surface area (Å²) in [6, 6.07) is 5.20. The van der Waals surface area contributed by atoms with Crippen LogP contribution in [0.4, 0.5) is 18.9 Å². The lowest BCUT2D eigenvalue weighted by Crippen LogP contribution is -2.31. The number of nitrogens with one attached hydrogen (secondary N) is 1. The summed E-state index contributed by atoms with van der Waals surface area (Å²) in [6.07, 6.45) is -4.70. The number of carbonyl (C=O) groups is 1.